The van der Waals surface area contributed by atoms with Crippen LogP contribution in [0, 0.1) is 5.41 Å². The molecule has 0 aliphatic carbocycles. The fourth-order valence-electron chi connectivity index (χ4n) is 3.88. The first kappa shape index (κ1) is 34.2. The average Bonchev–Trinajstić information content (AvgIpc) is 3.46. The van der Waals surface area contributed by atoms with E-state index in [0.29, 0.717) is 0 Å². The first-order valence-corrected chi connectivity index (χ1v) is 16.5. The van der Waals surface area contributed by atoms with Crippen molar-refractivity contribution in [1.29, 1.82) is 0 Å². The zero-order chi connectivity index (χ0) is 32.4. The summed E-state index contributed by atoms with van der Waals surface area (Å²) in [6.07, 6.45) is -5.81. The number of imidazole rings is 1. The van der Waals surface area contributed by atoms with Crippen molar-refractivity contribution < 1.29 is 51.1 Å². The molecule has 5 N–H and O–H groups in total. The number of hydrogen-bond donors (Lipinski definition) is 4. The number of halogens is 2. The van der Waals surface area contributed by atoms with E-state index >= 15 is 4.39 Å². The summed E-state index contributed by atoms with van der Waals surface area (Å²) >= 11 is 5.86. The Morgan fingerprint density at radius 3 is 2.61 bits per heavy atom. The Morgan fingerprint density at radius 1 is 1.27 bits per heavy atom. The van der Waals surface area contributed by atoms with E-state index in [4.69, 9.17) is 40.2 Å². The fourth-order valence-corrected chi connectivity index (χ4v) is 7.01. The third-order valence-corrected chi connectivity index (χ3v) is 9.41. The number of carbonyl (C=O) groups excluding carboxylic acids is 1. The highest BCUT2D eigenvalue weighted by Gasteiger charge is 2.48. The van der Waals surface area contributed by atoms with E-state index in [2.05, 4.69) is 20.0 Å². The number of nitrogens with one attached hydrogen (secondary N) is 1. The number of fused-ring (bicyclic) bond motifs is 1. The molecular formula is C24H32ClFN6O10P2. The van der Waals surface area contributed by atoms with Gasteiger partial charge in [-0.1, -0.05) is 39.0 Å². The normalized spacial score (nSPS) is 24.0. The molecule has 1 aliphatic rings. The number of nitrogens with zero attached hydrogens (tertiary/aromatic N) is 4. The Bertz CT molecular complexity index is 1580. The highest BCUT2D eigenvalue weighted by atomic mass is 35.5. The van der Waals surface area contributed by atoms with Gasteiger partial charge in [0.15, 0.2) is 23.9 Å². The number of para-hydroxylation sites is 1. The number of aliphatic hydroxyl groups is 1. The molecule has 0 radical (unpaired) electrons. The molecule has 2 aromatic heterocycles. The van der Waals surface area contributed by atoms with Crippen LogP contribution in [0.4, 0.5) is 10.2 Å². The molecule has 1 aromatic carbocycles. The number of aromatic nitrogens is 4. The number of nitrogens with two attached hydrogens (primary N) is 1. The Labute approximate surface area is 256 Å². The predicted molar refractivity (Wildman–Crippen MR) is 154 cm³/mol. The van der Waals surface area contributed by atoms with Crippen LogP contribution >= 0.6 is 27.2 Å². The van der Waals surface area contributed by atoms with Crippen molar-refractivity contribution in [3.63, 3.8) is 0 Å². The second-order valence-electron chi connectivity index (χ2n) is 11.0. The highest BCUT2D eigenvalue weighted by molar-refractivity contribution is 7.63. The number of nitrogen functional groups attached to an aromatic ring is 1. The molecule has 7 atom stereocenters. The van der Waals surface area contributed by atoms with Gasteiger partial charge >= 0.3 is 21.5 Å². The van der Waals surface area contributed by atoms with E-state index in [-0.39, 0.29) is 40.0 Å². The van der Waals surface area contributed by atoms with Crippen LogP contribution in [-0.2, 0) is 32.2 Å². The number of carbonyl (C=O) groups is 1. The Kier molecular flexibility index (Phi) is 10.3. The van der Waals surface area contributed by atoms with Gasteiger partial charge in [0.1, 0.15) is 29.5 Å². The average molecular weight is 681 g/mol. The van der Waals surface area contributed by atoms with Gasteiger partial charge in [-0.05, 0) is 36.1 Å². The van der Waals surface area contributed by atoms with E-state index in [0.717, 1.165) is 10.9 Å². The zero-order valence-corrected chi connectivity index (χ0v) is 26.5. The summed E-state index contributed by atoms with van der Waals surface area (Å²) in [5.74, 6) is -0.941. The molecule has 1 fully saturated rings. The number of rotatable bonds is 12. The maximum Gasteiger partial charge on any atom is 0.481 e. The minimum Gasteiger partial charge on any atom is -0.464 e. The van der Waals surface area contributed by atoms with Crippen molar-refractivity contribution in [2.75, 3.05) is 18.9 Å². The topological polar surface area (TPSA) is 219 Å². The smallest absolute Gasteiger partial charge is 0.464 e. The molecule has 0 spiro atoms. The summed E-state index contributed by atoms with van der Waals surface area (Å²) in [6, 6.07) is 6.17. The number of esters is 1. The lowest BCUT2D eigenvalue weighted by atomic mass is 9.99. The molecule has 0 saturated carbocycles. The Hall–Kier alpha value is -2.72. The van der Waals surface area contributed by atoms with Crippen molar-refractivity contribution in [2.24, 2.45) is 5.41 Å². The van der Waals surface area contributed by atoms with Crippen molar-refractivity contribution in [2.45, 2.75) is 58.3 Å². The first-order chi connectivity index (χ1) is 20.5. The van der Waals surface area contributed by atoms with Gasteiger partial charge in [0, 0.05) is 0 Å². The summed E-state index contributed by atoms with van der Waals surface area (Å²) in [4.78, 5) is 34.7. The van der Waals surface area contributed by atoms with E-state index < -0.39 is 58.8 Å². The molecule has 0 bridgehead atoms. The number of alkyl halides is 1. The third-order valence-electron chi connectivity index (χ3n) is 5.92. The Morgan fingerprint density at radius 2 is 1.95 bits per heavy atom. The lowest BCUT2D eigenvalue weighted by molar-refractivity contribution is -0.148. The van der Waals surface area contributed by atoms with Crippen molar-refractivity contribution in [1.82, 2.24) is 24.6 Å². The standard InChI is InChI=1S/C24H32ClFN6O10P2/c1-13(22(34)38-11-24(2,3)4)31-43(35,41-14-8-6-5-7-9-14)42-44(36,37)39-10-15-18(33)16(26)21(40-15)32-12-28-17-19(27)29-23(25)30-20(17)32/h5-9,12-13,15-16,18,21,33H,10-11H2,1-4H3,(H,31,35)(H,36,37)(H2,27,29,30)/t13-,15?,16?,18?,21?,43?/m1/s1. The van der Waals surface area contributed by atoms with Gasteiger partial charge in [0.05, 0.1) is 19.5 Å². The second kappa shape index (κ2) is 13.3. The summed E-state index contributed by atoms with van der Waals surface area (Å²) in [7, 11) is -10.1. The van der Waals surface area contributed by atoms with Crippen LogP contribution in [0.2, 0.25) is 5.28 Å². The van der Waals surface area contributed by atoms with E-state index in [1.807, 2.05) is 20.8 Å². The number of phosphoric acid groups is 1. The monoisotopic (exact) mass is 680 g/mol. The van der Waals surface area contributed by atoms with Crippen molar-refractivity contribution in [3.05, 3.63) is 41.9 Å². The molecule has 44 heavy (non-hydrogen) atoms. The number of phosphoric ester groups is 1. The molecule has 3 aromatic rings. The number of anilines is 1. The number of ether oxygens (including phenoxy) is 2. The van der Waals surface area contributed by atoms with Gasteiger partial charge in [-0.25, -0.2) is 18.5 Å². The van der Waals surface area contributed by atoms with Gasteiger partial charge < -0.3 is 29.7 Å². The van der Waals surface area contributed by atoms with Gasteiger partial charge in [0.2, 0.25) is 5.28 Å². The molecular weight excluding hydrogens is 649 g/mol. The Balaban J connectivity index is 1.46. The fraction of sp³-hybridized carbons (Fsp3) is 0.500. The first-order valence-electron chi connectivity index (χ1n) is 13.1. The molecule has 4 rings (SSSR count). The molecule has 3 heterocycles. The van der Waals surface area contributed by atoms with Gasteiger partial charge in [-0.15, -0.1) is 0 Å². The summed E-state index contributed by atoms with van der Waals surface area (Å²) in [6.45, 7) is 5.92. The quantitative estimate of drug-likeness (QED) is 0.122. The minimum absolute atomic E-state index is 0.0142. The third kappa shape index (κ3) is 8.50. The van der Waals surface area contributed by atoms with Crippen LogP contribution < -0.4 is 15.3 Å². The van der Waals surface area contributed by atoms with Crippen LogP contribution in [0.5, 0.6) is 5.75 Å². The molecule has 0 amide bonds. The maximum atomic E-state index is 15.1. The molecule has 20 heteroatoms. The van der Waals surface area contributed by atoms with Crippen LogP contribution in [-0.4, -0.2) is 73.1 Å². The summed E-state index contributed by atoms with van der Waals surface area (Å²) in [5, 5.41) is 12.5. The summed E-state index contributed by atoms with van der Waals surface area (Å²) in [5.41, 5.74) is 5.53. The highest BCUT2D eigenvalue weighted by Crippen LogP contribution is 2.60. The number of aliphatic hydroxyl groups excluding tert-OH is 1. The zero-order valence-electron chi connectivity index (χ0n) is 23.9. The van der Waals surface area contributed by atoms with E-state index in [1.54, 1.807) is 6.07 Å². The van der Waals surface area contributed by atoms with Gasteiger partial charge in [-0.2, -0.15) is 19.4 Å². The van der Waals surface area contributed by atoms with Gasteiger partial charge in [-0.3, -0.25) is 13.9 Å². The van der Waals surface area contributed by atoms with Gasteiger partial charge in [0.25, 0.3) is 0 Å². The van der Waals surface area contributed by atoms with Crippen LogP contribution in [0.1, 0.15) is 33.9 Å². The molecule has 1 aliphatic heterocycles. The SMILES string of the molecule is C[C@@H](NP(=O)(Oc1ccccc1)OP(=O)(O)OCC1OC(n2cnc3c(N)nc(Cl)nc32)C(F)C1O)C(=O)OCC(C)(C)C. The maximum absolute atomic E-state index is 15.1. The van der Waals surface area contributed by atoms with Crippen molar-refractivity contribution in [3.8, 4) is 5.75 Å². The lowest BCUT2D eigenvalue weighted by Gasteiger charge is -2.25. The largest absolute Gasteiger partial charge is 0.481 e. The lowest BCUT2D eigenvalue weighted by Crippen LogP contribution is -2.36. The second-order valence-corrected chi connectivity index (χ2v) is 14.6. The number of hydrogen-bond acceptors (Lipinski definition) is 13. The molecule has 6 unspecified atom stereocenters. The van der Waals surface area contributed by atoms with Crippen LogP contribution in [0.15, 0.2) is 36.7 Å². The minimum atomic E-state index is -5.30. The number of benzene rings is 1. The molecule has 242 valence electrons. The predicted octanol–water partition coefficient (Wildman–Crippen LogP) is 3.55. The summed E-state index contributed by atoms with van der Waals surface area (Å²) < 4.78 is 68.8. The molecule has 16 nitrogen and oxygen atoms in total. The molecule has 1 saturated heterocycles. The van der Waals surface area contributed by atoms with E-state index in [1.165, 1.54) is 31.2 Å². The van der Waals surface area contributed by atoms with Crippen LogP contribution in [0.3, 0.4) is 0 Å². The van der Waals surface area contributed by atoms with Crippen molar-refractivity contribution >= 4 is 50.1 Å². The van der Waals surface area contributed by atoms with E-state index in [9.17, 15) is 23.9 Å². The van der Waals surface area contributed by atoms with Crippen LogP contribution in [0.25, 0.3) is 11.2 Å².